The van der Waals surface area contributed by atoms with E-state index in [-0.39, 0.29) is 36.9 Å². The molecule has 0 amide bonds. The number of pyridine rings is 1. The topological polar surface area (TPSA) is 78.0 Å². The maximum atomic E-state index is 13.1. The van der Waals surface area contributed by atoms with Crippen LogP contribution in [0.15, 0.2) is 36.5 Å². The molecule has 1 aromatic heterocycles. The zero-order valence-electron chi connectivity index (χ0n) is 19.5. The summed E-state index contributed by atoms with van der Waals surface area (Å²) in [5.41, 5.74) is -8.32. The number of piperidine rings is 2. The van der Waals surface area contributed by atoms with E-state index >= 15 is 0 Å². The Hall–Kier alpha value is -2.95. The second kappa shape index (κ2) is 10.2. The van der Waals surface area contributed by atoms with E-state index in [0.29, 0.717) is 31.2 Å². The zero-order valence-corrected chi connectivity index (χ0v) is 20.3. The third kappa shape index (κ3) is 6.62. The smallest absolute Gasteiger partial charge is 0.486 e. The minimum atomic E-state index is -6.30. The van der Waals surface area contributed by atoms with Gasteiger partial charge in [-0.25, -0.2) is 4.98 Å². The molecule has 216 valence electrons. The fourth-order valence-corrected chi connectivity index (χ4v) is 4.90. The molecule has 0 radical (unpaired) electrons. The van der Waals surface area contributed by atoms with Gasteiger partial charge in [-0.05, 0) is 37.1 Å². The lowest BCUT2D eigenvalue weighted by Crippen LogP contribution is -2.55. The van der Waals surface area contributed by atoms with Gasteiger partial charge in [-0.15, -0.1) is 5.06 Å². The normalized spacial score (nSPS) is 22.8. The molecule has 4 rings (SSSR count). The maximum absolute atomic E-state index is 13.1. The molecule has 0 N–H and O–H groups in total. The molecular formula is C22H19F9N2O5S. The van der Waals surface area contributed by atoms with Crippen molar-refractivity contribution in [3.8, 4) is 17.4 Å². The lowest BCUT2D eigenvalue weighted by Gasteiger charge is -2.46. The molecule has 17 heteroatoms. The fraction of sp³-hybridized carbons (Fsp3) is 0.500. The van der Waals surface area contributed by atoms with Gasteiger partial charge in [0.15, 0.2) is 11.5 Å². The summed E-state index contributed by atoms with van der Waals surface area (Å²) in [6, 6.07) is 2.37. The lowest BCUT2D eigenvalue weighted by atomic mass is 9.84. The predicted octanol–water partition coefficient (Wildman–Crippen LogP) is 6.11. The summed E-state index contributed by atoms with van der Waals surface area (Å²) in [4.78, 5) is 9.39. The van der Waals surface area contributed by atoms with Crippen LogP contribution in [0.25, 0.3) is 0 Å². The molecule has 2 aromatic rings. The Bertz CT molecular complexity index is 1270. The van der Waals surface area contributed by atoms with E-state index in [1.165, 1.54) is 5.06 Å². The minimum Gasteiger partial charge on any atom is -0.486 e. The molecular weight excluding hydrogens is 575 g/mol. The van der Waals surface area contributed by atoms with E-state index in [9.17, 15) is 47.9 Å². The number of rotatable bonds is 6. The maximum Gasteiger partial charge on any atom is 0.534 e. The summed E-state index contributed by atoms with van der Waals surface area (Å²) in [5, 5.41) is 1.54. The van der Waals surface area contributed by atoms with Crippen molar-refractivity contribution in [2.24, 2.45) is 0 Å². The highest BCUT2D eigenvalue weighted by molar-refractivity contribution is 7.88. The van der Waals surface area contributed by atoms with Gasteiger partial charge in [0.05, 0.1) is 11.1 Å². The number of aromatic nitrogens is 1. The van der Waals surface area contributed by atoms with Gasteiger partial charge in [-0.3, -0.25) is 0 Å². The monoisotopic (exact) mass is 594 g/mol. The highest BCUT2D eigenvalue weighted by Crippen LogP contribution is 2.42. The predicted molar refractivity (Wildman–Crippen MR) is 114 cm³/mol. The third-order valence-corrected chi connectivity index (χ3v) is 7.14. The highest BCUT2D eigenvalue weighted by atomic mass is 32.2. The molecule has 2 fully saturated rings. The number of benzene rings is 1. The van der Waals surface area contributed by atoms with Gasteiger partial charge in [0.2, 0.25) is 5.88 Å². The molecule has 1 aromatic carbocycles. The van der Waals surface area contributed by atoms with Crippen LogP contribution in [0, 0.1) is 0 Å². The van der Waals surface area contributed by atoms with Gasteiger partial charge >= 0.3 is 28.0 Å². The number of hydrogen-bond donors (Lipinski definition) is 0. The van der Waals surface area contributed by atoms with Gasteiger partial charge in [0.25, 0.3) is 0 Å². The average molecular weight is 594 g/mol. The number of fused-ring (bicyclic) bond motifs is 2. The summed E-state index contributed by atoms with van der Waals surface area (Å²) < 4.78 is 149. The largest absolute Gasteiger partial charge is 0.534 e. The van der Waals surface area contributed by atoms with Crippen LogP contribution in [0.4, 0.5) is 39.5 Å². The van der Waals surface area contributed by atoms with E-state index < -0.39 is 56.7 Å². The van der Waals surface area contributed by atoms with Crippen molar-refractivity contribution in [2.75, 3.05) is 0 Å². The van der Waals surface area contributed by atoms with Crippen LogP contribution in [0.3, 0.4) is 0 Å². The standard InChI is InChI=1S/C22H19F9N2O5S/c23-20(24,25)12-4-6-17(18(8-12)38-39(34,35)22(29,30)31)36-16-9-14-2-1-3-15(10-16)33(14)37-19-7-5-13(11-32-19)21(26,27)28/h4-8,11,14-16H,1-3,9-10H2/t14-,15+,16+. The van der Waals surface area contributed by atoms with Crippen molar-refractivity contribution in [2.45, 2.75) is 68.2 Å². The van der Waals surface area contributed by atoms with Crippen molar-refractivity contribution in [1.82, 2.24) is 10.0 Å². The Morgan fingerprint density at radius 2 is 1.41 bits per heavy atom. The molecule has 2 aliphatic heterocycles. The summed E-state index contributed by atoms with van der Waals surface area (Å²) in [6.45, 7) is 0. The van der Waals surface area contributed by atoms with Gasteiger partial charge in [0.1, 0.15) is 6.10 Å². The molecule has 0 unspecified atom stereocenters. The van der Waals surface area contributed by atoms with Crippen LogP contribution in [0.5, 0.6) is 17.4 Å². The second-order valence-electron chi connectivity index (χ2n) is 8.93. The third-order valence-electron chi connectivity index (χ3n) is 6.17. The van der Waals surface area contributed by atoms with Crippen LogP contribution in [0.1, 0.15) is 43.2 Å². The van der Waals surface area contributed by atoms with E-state index in [0.717, 1.165) is 18.6 Å². The number of nitrogens with zero attached hydrogens (tertiary/aromatic N) is 2. The SMILES string of the molecule is O=S(=O)(Oc1cc(C(F)(F)F)ccc1O[C@H]1C[C@H]2CCC[C@@H](C1)N2Oc1ccc(C(F)(F)F)cn1)C(F)(F)F. The Balaban J connectivity index is 1.52. The summed E-state index contributed by atoms with van der Waals surface area (Å²) in [6.07, 6.45) is -7.63. The van der Waals surface area contributed by atoms with Gasteiger partial charge in [-0.2, -0.15) is 47.9 Å². The number of halogens is 9. The highest BCUT2D eigenvalue weighted by Gasteiger charge is 2.49. The summed E-state index contributed by atoms with van der Waals surface area (Å²) in [7, 11) is -6.30. The van der Waals surface area contributed by atoms with Crippen LogP contribution in [-0.4, -0.2) is 42.2 Å². The molecule has 0 spiro atoms. The van der Waals surface area contributed by atoms with E-state index in [4.69, 9.17) is 9.57 Å². The second-order valence-corrected chi connectivity index (χ2v) is 10.5. The Labute approximate surface area is 215 Å². The summed E-state index contributed by atoms with van der Waals surface area (Å²) >= 11 is 0. The summed E-state index contributed by atoms with van der Waals surface area (Å²) in [5.74, 6) is -2.02. The van der Waals surface area contributed by atoms with Gasteiger partial charge in [-0.1, -0.05) is 6.42 Å². The number of alkyl halides is 9. The van der Waals surface area contributed by atoms with E-state index in [1.807, 2.05) is 0 Å². The average Bonchev–Trinajstić information content (AvgIpc) is 2.79. The fourth-order valence-electron chi connectivity index (χ4n) is 4.44. The quantitative estimate of drug-likeness (QED) is 0.227. The molecule has 3 heterocycles. The van der Waals surface area contributed by atoms with Crippen molar-refractivity contribution in [3.63, 3.8) is 0 Å². The first-order valence-electron chi connectivity index (χ1n) is 11.3. The number of hydrogen-bond acceptors (Lipinski definition) is 7. The Kier molecular flexibility index (Phi) is 7.61. The van der Waals surface area contributed by atoms with Crippen molar-refractivity contribution < 1.29 is 61.7 Å². The molecule has 0 saturated carbocycles. The molecule has 2 saturated heterocycles. The van der Waals surface area contributed by atoms with Crippen LogP contribution in [0.2, 0.25) is 0 Å². The Morgan fingerprint density at radius 3 is 1.92 bits per heavy atom. The zero-order chi connectivity index (χ0) is 28.8. The first-order valence-corrected chi connectivity index (χ1v) is 12.7. The molecule has 3 atom stereocenters. The molecule has 2 bridgehead atoms. The molecule has 0 aliphatic carbocycles. The Morgan fingerprint density at radius 1 is 0.821 bits per heavy atom. The first-order chi connectivity index (χ1) is 17.9. The number of hydroxylamine groups is 2. The van der Waals surface area contributed by atoms with Crippen molar-refractivity contribution in [3.05, 3.63) is 47.7 Å². The van der Waals surface area contributed by atoms with Crippen LogP contribution in [-0.2, 0) is 22.5 Å². The molecule has 7 nitrogen and oxygen atoms in total. The van der Waals surface area contributed by atoms with Gasteiger partial charge < -0.3 is 13.8 Å². The number of ether oxygens (including phenoxy) is 1. The van der Waals surface area contributed by atoms with E-state index in [2.05, 4.69) is 9.17 Å². The van der Waals surface area contributed by atoms with E-state index in [1.54, 1.807) is 0 Å². The van der Waals surface area contributed by atoms with Crippen molar-refractivity contribution in [1.29, 1.82) is 0 Å². The lowest BCUT2D eigenvalue weighted by molar-refractivity contribution is -0.185. The van der Waals surface area contributed by atoms with Crippen LogP contribution >= 0.6 is 0 Å². The van der Waals surface area contributed by atoms with Crippen molar-refractivity contribution >= 4 is 10.1 Å². The molecule has 39 heavy (non-hydrogen) atoms. The van der Waals surface area contributed by atoms with Crippen LogP contribution < -0.4 is 13.8 Å². The first kappa shape index (κ1) is 29.0. The molecule has 2 aliphatic rings. The minimum absolute atomic E-state index is 0.102. The van der Waals surface area contributed by atoms with Gasteiger partial charge in [0, 0.05) is 37.2 Å².